The van der Waals surface area contributed by atoms with Gasteiger partial charge in [0.1, 0.15) is 6.04 Å². The summed E-state index contributed by atoms with van der Waals surface area (Å²) >= 11 is 0. The lowest BCUT2D eigenvalue weighted by atomic mass is 9.78. The molecule has 4 atom stereocenters. The Morgan fingerprint density at radius 2 is 1.92 bits per heavy atom. The van der Waals surface area contributed by atoms with Crippen molar-refractivity contribution in [1.82, 2.24) is 9.47 Å². The molecule has 0 spiro atoms. The van der Waals surface area contributed by atoms with Crippen LogP contribution in [0.1, 0.15) is 35.7 Å². The van der Waals surface area contributed by atoms with Crippen molar-refractivity contribution in [3.63, 3.8) is 0 Å². The molecular weight excluding hydrogens is 330 g/mol. The number of benzene rings is 1. The highest BCUT2D eigenvalue weighted by atomic mass is 16.3. The Hall–Kier alpha value is -2.44. The third-order valence-corrected chi connectivity index (χ3v) is 5.72. The summed E-state index contributed by atoms with van der Waals surface area (Å²) < 4.78 is 1.72. The molecule has 2 bridgehead atoms. The molecule has 1 saturated heterocycles. The summed E-state index contributed by atoms with van der Waals surface area (Å²) in [5.41, 5.74) is 7.82. The number of rotatable bonds is 3. The monoisotopic (exact) mass is 353 g/mol. The van der Waals surface area contributed by atoms with E-state index >= 15 is 0 Å². The number of amides is 1. The molecule has 136 valence electrons. The van der Waals surface area contributed by atoms with Gasteiger partial charge < -0.3 is 20.3 Å². The zero-order valence-electron chi connectivity index (χ0n) is 14.5. The largest absolute Gasteiger partial charge is 0.394 e. The maximum Gasteiger partial charge on any atom is 0.251 e. The van der Waals surface area contributed by atoms with Gasteiger partial charge in [0.25, 0.3) is 5.56 Å². The number of carbonyl (C=O) groups is 1. The van der Waals surface area contributed by atoms with Gasteiger partial charge in [-0.3, -0.25) is 9.59 Å². The molecule has 26 heavy (non-hydrogen) atoms. The topological polar surface area (TPSA) is 88.6 Å². The normalized spacial score (nSPS) is 25.5. The maximum absolute atomic E-state index is 13.0. The number of aliphatic hydroxyl groups is 1. The van der Waals surface area contributed by atoms with Crippen LogP contribution in [0.15, 0.2) is 53.3 Å². The molecule has 2 aliphatic rings. The Labute approximate surface area is 151 Å². The molecule has 6 nitrogen and oxygen atoms in total. The van der Waals surface area contributed by atoms with E-state index in [2.05, 4.69) is 0 Å². The van der Waals surface area contributed by atoms with E-state index in [9.17, 15) is 14.7 Å². The average Bonchev–Trinajstić information content (AvgIpc) is 2.68. The van der Waals surface area contributed by atoms with Crippen molar-refractivity contribution >= 4 is 5.91 Å². The number of nitrogens with two attached hydrogens (primary N) is 1. The van der Waals surface area contributed by atoms with Gasteiger partial charge in [-0.05, 0) is 18.1 Å². The smallest absolute Gasteiger partial charge is 0.251 e. The predicted molar refractivity (Wildman–Crippen MR) is 97.6 cm³/mol. The first-order chi connectivity index (χ1) is 12.6. The van der Waals surface area contributed by atoms with E-state index in [1.54, 1.807) is 15.5 Å². The summed E-state index contributed by atoms with van der Waals surface area (Å²) in [7, 11) is 0. The van der Waals surface area contributed by atoms with Crippen LogP contribution in [0.5, 0.6) is 0 Å². The Balaban J connectivity index is 1.64. The second kappa shape index (κ2) is 6.70. The van der Waals surface area contributed by atoms with E-state index in [0.29, 0.717) is 13.1 Å². The first kappa shape index (κ1) is 17.0. The van der Waals surface area contributed by atoms with Gasteiger partial charge in [-0.25, -0.2) is 0 Å². The van der Waals surface area contributed by atoms with E-state index in [1.165, 1.54) is 6.07 Å². The molecule has 6 heteroatoms. The Kier molecular flexibility index (Phi) is 4.38. The lowest BCUT2D eigenvalue weighted by Crippen LogP contribution is -2.53. The number of piperidine rings is 1. The average molecular weight is 353 g/mol. The molecule has 0 radical (unpaired) electrons. The lowest BCUT2D eigenvalue weighted by molar-refractivity contribution is -0.136. The summed E-state index contributed by atoms with van der Waals surface area (Å²) in [5.74, 6) is 0.0463. The van der Waals surface area contributed by atoms with E-state index in [-0.39, 0.29) is 36.0 Å². The maximum atomic E-state index is 13.0. The van der Waals surface area contributed by atoms with Gasteiger partial charge in [-0.15, -0.1) is 0 Å². The molecule has 4 rings (SSSR count). The molecule has 0 unspecified atom stereocenters. The Bertz CT molecular complexity index is 864. The van der Waals surface area contributed by atoms with E-state index in [4.69, 9.17) is 5.73 Å². The highest BCUT2D eigenvalue weighted by Crippen LogP contribution is 2.41. The van der Waals surface area contributed by atoms with Crippen molar-refractivity contribution in [2.45, 2.75) is 24.4 Å². The van der Waals surface area contributed by atoms with Crippen LogP contribution < -0.4 is 11.3 Å². The van der Waals surface area contributed by atoms with Gasteiger partial charge in [-0.1, -0.05) is 36.4 Å². The second-order valence-electron chi connectivity index (χ2n) is 7.23. The molecule has 1 aromatic carbocycles. The van der Waals surface area contributed by atoms with Crippen LogP contribution >= 0.6 is 0 Å². The number of aliphatic hydroxyl groups excluding tert-OH is 1. The Morgan fingerprint density at radius 1 is 1.15 bits per heavy atom. The highest BCUT2D eigenvalue weighted by Gasteiger charge is 2.42. The molecule has 1 aromatic heterocycles. The zero-order valence-corrected chi connectivity index (χ0v) is 14.5. The Morgan fingerprint density at radius 3 is 2.65 bits per heavy atom. The minimum absolute atomic E-state index is 0.0540. The quantitative estimate of drug-likeness (QED) is 0.863. The standard InChI is InChI=1S/C20H23N3O3/c21-19(13-5-2-1-3-6-13)20(26)22-10-14-9-15(11-22)17(12-24)23-16(14)7-4-8-18(23)25/h1-8,14-15,17,19,24H,9-12,21H2/t14-,15+,17+,19-/m1/s1. The molecular formula is C20H23N3O3. The fraction of sp³-hybridized carbons (Fsp3) is 0.400. The summed E-state index contributed by atoms with van der Waals surface area (Å²) in [4.78, 5) is 27.1. The SMILES string of the molecule is N[C@@H](C(=O)N1C[C@H]2C[C@@H](C1)[C@H](CO)n1c2cccc1=O)c1ccccc1. The molecule has 1 amide bonds. The van der Waals surface area contributed by atoms with Crippen LogP contribution in [0, 0.1) is 5.92 Å². The molecule has 2 aliphatic heterocycles. The van der Waals surface area contributed by atoms with Crippen molar-refractivity contribution in [2.75, 3.05) is 19.7 Å². The predicted octanol–water partition coefficient (Wildman–Crippen LogP) is 1.03. The molecule has 3 N–H and O–H groups in total. The number of hydrogen-bond acceptors (Lipinski definition) is 4. The summed E-state index contributed by atoms with van der Waals surface area (Å²) in [5, 5.41) is 9.90. The minimum atomic E-state index is -0.694. The van der Waals surface area contributed by atoms with Crippen LogP contribution in [0.3, 0.4) is 0 Å². The lowest BCUT2D eigenvalue weighted by Gasteiger charge is -2.47. The number of hydrogen-bond donors (Lipinski definition) is 2. The van der Waals surface area contributed by atoms with Crippen molar-refractivity contribution in [3.8, 4) is 0 Å². The van der Waals surface area contributed by atoms with Crippen LogP contribution in [-0.2, 0) is 4.79 Å². The number of fused-ring (bicyclic) bond motifs is 4. The molecule has 0 aliphatic carbocycles. The third-order valence-electron chi connectivity index (χ3n) is 5.72. The number of nitrogens with zero attached hydrogens (tertiary/aromatic N) is 2. The van der Waals surface area contributed by atoms with Gasteiger partial charge in [0.15, 0.2) is 0 Å². The molecule has 2 aromatic rings. The van der Waals surface area contributed by atoms with Gasteiger partial charge in [0, 0.05) is 36.7 Å². The summed E-state index contributed by atoms with van der Waals surface area (Å²) in [6.07, 6.45) is 0.874. The summed E-state index contributed by atoms with van der Waals surface area (Å²) in [6, 6.07) is 13.6. The van der Waals surface area contributed by atoms with Crippen molar-refractivity contribution < 1.29 is 9.90 Å². The van der Waals surface area contributed by atoms with Gasteiger partial charge in [0.2, 0.25) is 5.91 Å². The second-order valence-corrected chi connectivity index (χ2v) is 7.23. The number of carbonyl (C=O) groups excluding carboxylic acids is 1. The van der Waals surface area contributed by atoms with E-state index in [0.717, 1.165) is 17.7 Å². The molecule has 1 fully saturated rings. The van der Waals surface area contributed by atoms with Gasteiger partial charge in [-0.2, -0.15) is 0 Å². The van der Waals surface area contributed by atoms with Crippen LogP contribution in [0.4, 0.5) is 0 Å². The van der Waals surface area contributed by atoms with Crippen LogP contribution in [0.25, 0.3) is 0 Å². The van der Waals surface area contributed by atoms with E-state index < -0.39 is 6.04 Å². The van der Waals surface area contributed by atoms with Crippen molar-refractivity contribution in [3.05, 3.63) is 70.1 Å². The molecule has 3 heterocycles. The highest BCUT2D eigenvalue weighted by molar-refractivity contribution is 5.83. The van der Waals surface area contributed by atoms with E-state index in [1.807, 2.05) is 36.4 Å². The fourth-order valence-corrected chi connectivity index (χ4v) is 4.46. The van der Waals surface area contributed by atoms with Crippen LogP contribution in [-0.4, -0.2) is 40.2 Å². The first-order valence-corrected chi connectivity index (χ1v) is 9.01. The zero-order chi connectivity index (χ0) is 18.3. The first-order valence-electron chi connectivity index (χ1n) is 9.01. The fourth-order valence-electron chi connectivity index (χ4n) is 4.46. The third kappa shape index (κ3) is 2.75. The number of aromatic nitrogens is 1. The van der Waals surface area contributed by atoms with Gasteiger partial charge in [0.05, 0.1) is 12.6 Å². The molecule has 0 saturated carbocycles. The van der Waals surface area contributed by atoms with Crippen molar-refractivity contribution in [2.24, 2.45) is 11.7 Å². The number of pyridine rings is 1. The van der Waals surface area contributed by atoms with Crippen LogP contribution in [0.2, 0.25) is 0 Å². The van der Waals surface area contributed by atoms with Gasteiger partial charge >= 0.3 is 0 Å². The van der Waals surface area contributed by atoms with Crippen molar-refractivity contribution in [1.29, 1.82) is 0 Å². The summed E-state index contributed by atoms with van der Waals surface area (Å²) in [6.45, 7) is 0.959. The minimum Gasteiger partial charge on any atom is -0.394 e. The number of likely N-dealkylation sites (tertiary alicyclic amines) is 1.